The predicted octanol–water partition coefficient (Wildman–Crippen LogP) is 2.21. The standard InChI is InChI=1S/C17H22N4O2/c1-5-12-6-8-13(9-7-12)23-10-14-15(16(22)21(3)4)11(2)19-17(18)20-14/h6-9H,5,10H2,1-4H3,(H2,18,19,20). The Balaban J connectivity index is 2.25. The molecule has 2 N–H and O–H groups in total. The van der Waals surface area contributed by atoms with E-state index in [0.29, 0.717) is 17.0 Å². The van der Waals surface area contributed by atoms with Gasteiger partial charge in [-0.3, -0.25) is 4.79 Å². The number of anilines is 1. The number of nitrogen functional groups attached to an aromatic ring is 1. The molecule has 0 aliphatic heterocycles. The van der Waals surface area contributed by atoms with Crippen molar-refractivity contribution < 1.29 is 9.53 Å². The van der Waals surface area contributed by atoms with E-state index in [1.54, 1.807) is 21.0 Å². The summed E-state index contributed by atoms with van der Waals surface area (Å²) in [5.41, 5.74) is 8.43. The summed E-state index contributed by atoms with van der Waals surface area (Å²) in [6.07, 6.45) is 0.976. The Labute approximate surface area is 136 Å². The van der Waals surface area contributed by atoms with E-state index in [4.69, 9.17) is 10.5 Å². The molecule has 122 valence electrons. The Morgan fingerprint density at radius 2 is 1.87 bits per heavy atom. The number of carbonyl (C=O) groups is 1. The molecule has 6 nitrogen and oxygen atoms in total. The molecular weight excluding hydrogens is 292 g/mol. The van der Waals surface area contributed by atoms with Crippen LogP contribution < -0.4 is 10.5 Å². The number of hydrogen-bond donors (Lipinski definition) is 1. The molecule has 1 amide bonds. The summed E-state index contributed by atoms with van der Waals surface area (Å²) in [5, 5.41) is 0. The molecule has 0 spiro atoms. The van der Waals surface area contributed by atoms with Crippen LogP contribution >= 0.6 is 0 Å². The maximum atomic E-state index is 12.3. The lowest BCUT2D eigenvalue weighted by molar-refractivity contribution is 0.0823. The average molecular weight is 314 g/mol. The van der Waals surface area contributed by atoms with Crippen molar-refractivity contribution in [1.82, 2.24) is 14.9 Å². The lowest BCUT2D eigenvalue weighted by Gasteiger charge is -2.16. The van der Waals surface area contributed by atoms with E-state index in [0.717, 1.165) is 12.2 Å². The molecule has 2 rings (SSSR count). The predicted molar refractivity (Wildman–Crippen MR) is 89.4 cm³/mol. The van der Waals surface area contributed by atoms with E-state index in [9.17, 15) is 4.79 Å². The topological polar surface area (TPSA) is 81.3 Å². The summed E-state index contributed by atoms with van der Waals surface area (Å²) < 4.78 is 5.76. The molecule has 0 saturated carbocycles. The van der Waals surface area contributed by atoms with Gasteiger partial charge in [-0.05, 0) is 31.0 Å². The fourth-order valence-corrected chi connectivity index (χ4v) is 2.24. The molecule has 0 saturated heterocycles. The van der Waals surface area contributed by atoms with Gasteiger partial charge in [-0.15, -0.1) is 0 Å². The van der Waals surface area contributed by atoms with E-state index in [2.05, 4.69) is 16.9 Å². The smallest absolute Gasteiger partial charge is 0.257 e. The first-order valence-corrected chi connectivity index (χ1v) is 7.48. The van der Waals surface area contributed by atoms with Crippen LogP contribution in [0.2, 0.25) is 0 Å². The van der Waals surface area contributed by atoms with Crippen LogP contribution in [0.15, 0.2) is 24.3 Å². The van der Waals surface area contributed by atoms with Gasteiger partial charge in [0.15, 0.2) is 0 Å². The van der Waals surface area contributed by atoms with Gasteiger partial charge in [0.05, 0.1) is 17.0 Å². The van der Waals surface area contributed by atoms with Crippen molar-refractivity contribution in [1.29, 1.82) is 0 Å². The van der Waals surface area contributed by atoms with Crippen LogP contribution in [-0.4, -0.2) is 34.9 Å². The number of nitrogens with zero attached hydrogens (tertiary/aromatic N) is 3. The summed E-state index contributed by atoms with van der Waals surface area (Å²) in [5.74, 6) is 0.695. The number of nitrogens with two attached hydrogens (primary N) is 1. The summed E-state index contributed by atoms with van der Waals surface area (Å²) in [6.45, 7) is 4.00. The zero-order valence-corrected chi connectivity index (χ0v) is 14.0. The molecule has 6 heteroatoms. The third-order valence-corrected chi connectivity index (χ3v) is 3.51. The molecule has 2 aromatic rings. The van der Waals surface area contributed by atoms with Crippen LogP contribution in [0.1, 0.15) is 34.2 Å². The number of rotatable bonds is 5. The minimum atomic E-state index is -0.164. The zero-order chi connectivity index (χ0) is 17.0. The highest BCUT2D eigenvalue weighted by Gasteiger charge is 2.20. The minimum absolute atomic E-state index is 0.137. The Hall–Kier alpha value is -2.63. The number of benzene rings is 1. The summed E-state index contributed by atoms with van der Waals surface area (Å²) in [7, 11) is 3.37. The van der Waals surface area contributed by atoms with Crippen molar-refractivity contribution in [3.63, 3.8) is 0 Å². The van der Waals surface area contributed by atoms with Crippen molar-refractivity contribution >= 4 is 11.9 Å². The highest BCUT2D eigenvalue weighted by atomic mass is 16.5. The fourth-order valence-electron chi connectivity index (χ4n) is 2.24. The normalized spacial score (nSPS) is 10.4. The second kappa shape index (κ2) is 7.09. The molecule has 0 aliphatic carbocycles. The molecule has 1 heterocycles. The van der Waals surface area contributed by atoms with Crippen molar-refractivity contribution in [3.8, 4) is 5.75 Å². The minimum Gasteiger partial charge on any atom is -0.487 e. The van der Waals surface area contributed by atoms with Crippen molar-refractivity contribution in [2.45, 2.75) is 26.9 Å². The third kappa shape index (κ3) is 3.97. The molecule has 0 aliphatic rings. The third-order valence-electron chi connectivity index (χ3n) is 3.51. The van der Waals surface area contributed by atoms with Gasteiger partial charge in [0.25, 0.3) is 5.91 Å². The number of amides is 1. The second-order valence-electron chi connectivity index (χ2n) is 5.47. The largest absolute Gasteiger partial charge is 0.487 e. The molecule has 23 heavy (non-hydrogen) atoms. The van der Waals surface area contributed by atoms with Crippen molar-refractivity contribution in [2.24, 2.45) is 0 Å². The van der Waals surface area contributed by atoms with Crippen LogP contribution in [0.5, 0.6) is 5.75 Å². The van der Waals surface area contributed by atoms with Crippen LogP contribution in [0, 0.1) is 6.92 Å². The van der Waals surface area contributed by atoms with Gasteiger partial charge in [0.1, 0.15) is 12.4 Å². The van der Waals surface area contributed by atoms with Gasteiger partial charge >= 0.3 is 0 Å². The molecular formula is C17H22N4O2. The van der Waals surface area contributed by atoms with Gasteiger partial charge in [-0.25, -0.2) is 9.97 Å². The Morgan fingerprint density at radius 3 is 2.43 bits per heavy atom. The molecule has 1 aromatic carbocycles. The van der Waals surface area contributed by atoms with Gasteiger partial charge in [-0.1, -0.05) is 19.1 Å². The van der Waals surface area contributed by atoms with E-state index >= 15 is 0 Å². The average Bonchev–Trinajstić information content (AvgIpc) is 2.52. The van der Waals surface area contributed by atoms with E-state index in [1.807, 2.05) is 24.3 Å². The number of aromatic nitrogens is 2. The van der Waals surface area contributed by atoms with E-state index in [-0.39, 0.29) is 18.5 Å². The number of ether oxygens (including phenoxy) is 1. The van der Waals surface area contributed by atoms with Crippen molar-refractivity contribution in [2.75, 3.05) is 19.8 Å². The Bertz CT molecular complexity index is 696. The lowest BCUT2D eigenvalue weighted by Crippen LogP contribution is -2.26. The summed E-state index contributed by atoms with van der Waals surface area (Å²) in [6, 6.07) is 7.84. The monoisotopic (exact) mass is 314 g/mol. The second-order valence-corrected chi connectivity index (χ2v) is 5.47. The maximum Gasteiger partial charge on any atom is 0.257 e. The van der Waals surface area contributed by atoms with Gasteiger partial charge < -0.3 is 15.4 Å². The highest BCUT2D eigenvalue weighted by molar-refractivity contribution is 5.96. The SMILES string of the molecule is CCc1ccc(OCc2nc(N)nc(C)c2C(=O)N(C)C)cc1. The Morgan fingerprint density at radius 1 is 1.22 bits per heavy atom. The number of hydrogen-bond acceptors (Lipinski definition) is 5. The number of carbonyl (C=O) groups excluding carboxylic acids is 1. The van der Waals surface area contributed by atoms with Crippen LogP contribution in [0.25, 0.3) is 0 Å². The lowest BCUT2D eigenvalue weighted by atomic mass is 10.1. The molecule has 0 unspecified atom stereocenters. The molecule has 0 fully saturated rings. The first kappa shape index (κ1) is 16.7. The molecule has 0 radical (unpaired) electrons. The van der Waals surface area contributed by atoms with E-state index in [1.165, 1.54) is 10.5 Å². The first-order valence-electron chi connectivity index (χ1n) is 7.48. The van der Waals surface area contributed by atoms with Crippen LogP contribution in [-0.2, 0) is 13.0 Å². The van der Waals surface area contributed by atoms with E-state index < -0.39 is 0 Å². The first-order chi connectivity index (χ1) is 10.9. The van der Waals surface area contributed by atoms with Crippen LogP contribution in [0.3, 0.4) is 0 Å². The fraction of sp³-hybridized carbons (Fsp3) is 0.353. The Kier molecular flexibility index (Phi) is 5.16. The zero-order valence-electron chi connectivity index (χ0n) is 14.0. The molecule has 0 bridgehead atoms. The van der Waals surface area contributed by atoms with Gasteiger partial charge in [0, 0.05) is 14.1 Å². The quantitative estimate of drug-likeness (QED) is 0.915. The summed E-state index contributed by atoms with van der Waals surface area (Å²) >= 11 is 0. The van der Waals surface area contributed by atoms with Crippen LogP contribution in [0.4, 0.5) is 5.95 Å². The molecule has 1 aromatic heterocycles. The molecule has 0 atom stereocenters. The highest BCUT2D eigenvalue weighted by Crippen LogP contribution is 2.18. The summed E-state index contributed by atoms with van der Waals surface area (Å²) in [4.78, 5) is 22.1. The van der Waals surface area contributed by atoms with Gasteiger partial charge in [-0.2, -0.15) is 0 Å². The van der Waals surface area contributed by atoms with Gasteiger partial charge in [0.2, 0.25) is 5.95 Å². The van der Waals surface area contributed by atoms with Crippen molar-refractivity contribution in [3.05, 3.63) is 46.8 Å². The maximum absolute atomic E-state index is 12.3. The number of aryl methyl sites for hydroxylation is 2.